The fraction of sp³-hybridized carbons (Fsp3) is 1.00. The number of aliphatic hydroxyl groups is 2. The molecule has 0 amide bonds. The van der Waals surface area contributed by atoms with Crippen LogP contribution >= 0.6 is 12.3 Å². The van der Waals surface area contributed by atoms with E-state index >= 15 is 0 Å². The average Bonchev–Trinajstić information content (AvgIpc) is 1.63. The molecule has 0 heterocycles. The Kier molecular flexibility index (Phi) is 5.00. The van der Waals surface area contributed by atoms with E-state index < -0.39 is 12.8 Å². The number of rotatable bonds is 4. The van der Waals surface area contributed by atoms with E-state index in [1.54, 1.807) is 0 Å². The molecule has 0 aliphatic rings. The lowest BCUT2D eigenvalue weighted by molar-refractivity contribution is -0.0330. The zero-order valence-electron chi connectivity index (χ0n) is 4.43. The van der Waals surface area contributed by atoms with Crippen molar-refractivity contribution in [3.8, 4) is 0 Å². The highest BCUT2D eigenvalue weighted by Crippen LogP contribution is 2.04. The zero-order chi connectivity index (χ0) is 7.28. The Labute approximate surface area is 56.1 Å². The summed E-state index contributed by atoms with van der Waals surface area (Å²) in [5.41, 5.74) is 9.38. The summed E-state index contributed by atoms with van der Waals surface area (Å²) in [6.07, 6.45) is -2.87. The van der Waals surface area contributed by atoms with Crippen molar-refractivity contribution in [2.75, 3.05) is 0 Å². The first kappa shape index (κ1) is 9.11. The second kappa shape index (κ2) is 4.94. The predicted octanol–water partition coefficient (Wildman–Crippen LogP) is -1.95. The topological polar surface area (TPSA) is 111 Å². The van der Waals surface area contributed by atoms with Gasteiger partial charge in [-0.25, -0.2) is 8.37 Å². The van der Waals surface area contributed by atoms with Gasteiger partial charge in [-0.05, 0) is 0 Å². The summed E-state index contributed by atoms with van der Waals surface area (Å²) < 4.78 is 8.28. The molecule has 0 bridgehead atoms. The maximum atomic E-state index is 8.20. The van der Waals surface area contributed by atoms with E-state index in [2.05, 4.69) is 19.8 Å². The minimum absolute atomic E-state index is 0.319. The molecule has 0 saturated heterocycles. The van der Waals surface area contributed by atoms with Gasteiger partial charge < -0.3 is 10.2 Å². The molecule has 9 heavy (non-hydrogen) atoms. The van der Waals surface area contributed by atoms with Gasteiger partial charge in [0, 0.05) is 0 Å². The summed E-state index contributed by atoms with van der Waals surface area (Å²) in [5.74, 6) is 0. The molecule has 0 saturated carbocycles. The van der Waals surface area contributed by atoms with Gasteiger partial charge >= 0.3 is 0 Å². The van der Waals surface area contributed by atoms with Gasteiger partial charge in [0.1, 0.15) is 0 Å². The summed E-state index contributed by atoms with van der Waals surface area (Å²) in [5, 5.41) is 16.4. The zero-order valence-corrected chi connectivity index (χ0v) is 5.25. The Balaban J connectivity index is 2.91. The summed E-state index contributed by atoms with van der Waals surface area (Å²) in [4.78, 5) is 0. The van der Waals surface area contributed by atoms with Gasteiger partial charge in [0.05, 0.1) is 0 Å². The van der Waals surface area contributed by atoms with Crippen LogP contribution in [-0.4, -0.2) is 23.0 Å². The van der Waals surface area contributed by atoms with E-state index in [1.165, 1.54) is 0 Å². The molecular formula is C2H8N2O4S. The first-order chi connectivity index (χ1) is 4.13. The minimum Gasteiger partial charge on any atom is -0.355 e. The molecule has 2 unspecified atom stereocenters. The Bertz CT molecular complexity index is 61.6. The van der Waals surface area contributed by atoms with Crippen LogP contribution in [0.25, 0.3) is 0 Å². The van der Waals surface area contributed by atoms with Crippen molar-refractivity contribution in [1.29, 1.82) is 0 Å². The van der Waals surface area contributed by atoms with Crippen LogP contribution in [0.4, 0.5) is 0 Å². The van der Waals surface area contributed by atoms with Gasteiger partial charge in [-0.1, -0.05) is 0 Å². The van der Waals surface area contributed by atoms with E-state index in [1.807, 2.05) is 0 Å². The van der Waals surface area contributed by atoms with Crippen LogP contribution in [-0.2, 0) is 8.37 Å². The summed E-state index contributed by atoms with van der Waals surface area (Å²) in [6, 6.07) is 0. The van der Waals surface area contributed by atoms with Gasteiger partial charge in [0.25, 0.3) is 0 Å². The van der Waals surface area contributed by atoms with Gasteiger partial charge in [0.2, 0.25) is 12.8 Å². The summed E-state index contributed by atoms with van der Waals surface area (Å²) in [6.45, 7) is 0. The lowest BCUT2D eigenvalue weighted by Crippen LogP contribution is -2.23. The van der Waals surface area contributed by atoms with Gasteiger partial charge in [-0.3, -0.25) is 11.5 Å². The smallest absolute Gasteiger partial charge is 0.225 e. The van der Waals surface area contributed by atoms with E-state index in [0.717, 1.165) is 0 Å². The Morgan fingerprint density at radius 2 is 1.44 bits per heavy atom. The third kappa shape index (κ3) is 8.11. The second-order valence-electron chi connectivity index (χ2n) is 1.04. The first-order valence-corrected chi connectivity index (χ1v) is 2.65. The Morgan fingerprint density at radius 3 is 1.67 bits per heavy atom. The quantitative estimate of drug-likeness (QED) is 0.276. The van der Waals surface area contributed by atoms with Crippen molar-refractivity contribution < 1.29 is 18.6 Å². The average molecular weight is 156 g/mol. The molecule has 0 aliphatic heterocycles. The van der Waals surface area contributed by atoms with Crippen molar-refractivity contribution in [3.05, 3.63) is 0 Å². The molecule has 0 aliphatic carbocycles. The molecule has 6 nitrogen and oxygen atoms in total. The molecular weight excluding hydrogens is 148 g/mol. The van der Waals surface area contributed by atoms with Crippen molar-refractivity contribution >= 4 is 12.3 Å². The largest absolute Gasteiger partial charge is 0.355 e. The van der Waals surface area contributed by atoms with Crippen LogP contribution in [0.5, 0.6) is 0 Å². The maximum Gasteiger partial charge on any atom is 0.225 e. The number of aliphatic hydroxyl groups excluding tert-OH is 2. The molecule has 2 atom stereocenters. The summed E-state index contributed by atoms with van der Waals surface area (Å²) >= 11 is 0.319. The van der Waals surface area contributed by atoms with Crippen LogP contribution in [0.1, 0.15) is 0 Å². The standard InChI is InChI=1S/C2H8N2O4S/c3-1(5)7-9-8-2(4)6/h1-2,5-6H,3-4H2. The van der Waals surface area contributed by atoms with Crippen LogP contribution in [0.3, 0.4) is 0 Å². The SMILES string of the molecule is NC(O)OSOC(N)O. The third-order valence-corrected chi connectivity index (χ3v) is 0.827. The molecule has 0 spiro atoms. The molecule has 6 N–H and O–H groups in total. The molecule has 0 aromatic rings. The Hall–Kier alpha value is 0.110. The van der Waals surface area contributed by atoms with Crippen LogP contribution < -0.4 is 11.5 Å². The first-order valence-electron chi connectivity index (χ1n) is 1.99. The predicted molar refractivity (Wildman–Crippen MR) is 30.1 cm³/mol. The number of nitrogens with two attached hydrogens (primary N) is 2. The van der Waals surface area contributed by atoms with Crippen LogP contribution in [0.15, 0.2) is 0 Å². The third-order valence-electron chi connectivity index (χ3n) is 0.276. The maximum absolute atomic E-state index is 8.20. The van der Waals surface area contributed by atoms with Crippen molar-refractivity contribution in [3.63, 3.8) is 0 Å². The lowest BCUT2D eigenvalue weighted by atomic mass is 11.2. The fourth-order valence-corrected chi connectivity index (χ4v) is 0.310. The van der Waals surface area contributed by atoms with Gasteiger partial charge in [-0.2, -0.15) is 0 Å². The monoisotopic (exact) mass is 156 g/mol. The second-order valence-corrected chi connectivity index (χ2v) is 1.56. The van der Waals surface area contributed by atoms with Crippen LogP contribution in [0, 0.1) is 0 Å². The minimum atomic E-state index is -1.44. The molecule has 0 rings (SSSR count). The molecule has 0 aromatic heterocycles. The van der Waals surface area contributed by atoms with Crippen LogP contribution in [0.2, 0.25) is 0 Å². The van der Waals surface area contributed by atoms with Gasteiger partial charge in [-0.15, -0.1) is 0 Å². The van der Waals surface area contributed by atoms with E-state index in [4.69, 9.17) is 10.2 Å². The Morgan fingerprint density at radius 1 is 1.11 bits per heavy atom. The normalized spacial score (nSPS) is 17.3. The number of hydrogen-bond acceptors (Lipinski definition) is 7. The van der Waals surface area contributed by atoms with E-state index in [0.29, 0.717) is 12.3 Å². The van der Waals surface area contributed by atoms with Crippen molar-refractivity contribution in [2.45, 2.75) is 12.8 Å². The molecule has 56 valence electrons. The highest BCUT2D eigenvalue weighted by Gasteiger charge is 1.99. The highest BCUT2D eigenvalue weighted by atomic mass is 32.2. The van der Waals surface area contributed by atoms with E-state index in [9.17, 15) is 0 Å². The lowest BCUT2D eigenvalue weighted by Gasteiger charge is -2.05. The molecule has 0 radical (unpaired) electrons. The molecule has 7 heteroatoms. The fourth-order valence-electron chi connectivity index (χ4n) is 0.103. The number of hydrogen-bond donors (Lipinski definition) is 4. The van der Waals surface area contributed by atoms with Gasteiger partial charge in [0.15, 0.2) is 12.3 Å². The van der Waals surface area contributed by atoms with Crippen molar-refractivity contribution in [1.82, 2.24) is 0 Å². The molecule has 0 fully saturated rings. The summed E-state index contributed by atoms with van der Waals surface area (Å²) in [7, 11) is 0. The highest BCUT2D eigenvalue weighted by molar-refractivity contribution is 7.89. The molecule has 0 aromatic carbocycles. The van der Waals surface area contributed by atoms with Crippen molar-refractivity contribution in [2.24, 2.45) is 11.5 Å². The van der Waals surface area contributed by atoms with E-state index in [-0.39, 0.29) is 0 Å².